The van der Waals surface area contributed by atoms with E-state index < -0.39 is 5.97 Å². The van der Waals surface area contributed by atoms with Crippen LogP contribution in [0.5, 0.6) is 0 Å². The molecule has 28 heavy (non-hydrogen) atoms. The maximum atomic E-state index is 12.5. The average molecular weight is 406 g/mol. The van der Waals surface area contributed by atoms with Crippen LogP contribution in [0.3, 0.4) is 0 Å². The number of thiophene rings is 1. The first-order valence-corrected chi connectivity index (χ1v) is 9.59. The molecule has 2 heterocycles. The lowest BCUT2D eigenvalue weighted by atomic mass is 10.1. The predicted molar refractivity (Wildman–Crippen MR) is 108 cm³/mol. The maximum Gasteiger partial charge on any atom is 0.341 e. The van der Waals surface area contributed by atoms with E-state index in [4.69, 9.17) is 4.74 Å². The molecule has 2 N–H and O–H groups in total. The third kappa shape index (κ3) is 4.86. The van der Waals surface area contributed by atoms with Crippen LogP contribution in [0.2, 0.25) is 0 Å². The first-order valence-electron chi connectivity index (χ1n) is 8.77. The molecule has 150 valence electrons. The summed E-state index contributed by atoms with van der Waals surface area (Å²) < 4.78 is 6.82. The minimum Gasteiger partial charge on any atom is -0.462 e. The zero-order valence-corrected chi connectivity index (χ0v) is 17.5. The van der Waals surface area contributed by atoms with Crippen LogP contribution in [0.15, 0.2) is 24.5 Å². The molecule has 0 aromatic carbocycles. The first kappa shape index (κ1) is 21.4. The lowest BCUT2D eigenvalue weighted by molar-refractivity contribution is -0.684. The summed E-state index contributed by atoms with van der Waals surface area (Å²) >= 11 is 1.06. The highest BCUT2D eigenvalue weighted by Crippen LogP contribution is 2.33. The van der Waals surface area contributed by atoms with Crippen molar-refractivity contribution in [2.45, 2.75) is 20.4 Å². The number of nitrogens with one attached hydrogen (secondary N) is 2. The normalized spacial score (nSPS) is 10.3. The minimum absolute atomic E-state index is 0.0717. The fourth-order valence-corrected chi connectivity index (χ4v) is 3.72. The molecule has 0 unspecified atom stereocenters. The van der Waals surface area contributed by atoms with Crippen molar-refractivity contribution in [3.05, 3.63) is 40.5 Å². The van der Waals surface area contributed by atoms with E-state index in [0.29, 0.717) is 15.4 Å². The summed E-state index contributed by atoms with van der Waals surface area (Å²) in [5.74, 6) is -1.19. The Balaban J connectivity index is 2.24. The van der Waals surface area contributed by atoms with Crippen LogP contribution in [0.25, 0.3) is 0 Å². The number of pyridine rings is 1. The summed E-state index contributed by atoms with van der Waals surface area (Å²) in [6.45, 7) is 3.64. The van der Waals surface area contributed by atoms with Gasteiger partial charge in [0, 0.05) is 39.0 Å². The molecule has 2 amide bonds. The van der Waals surface area contributed by atoms with Crippen molar-refractivity contribution in [3.8, 4) is 0 Å². The molecular weight excluding hydrogens is 380 g/mol. The summed E-state index contributed by atoms with van der Waals surface area (Å²) in [4.78, 5) is 39.2. The number of rotatable bonds is 7. The molecule has 0 fully saturated rings. The summed E-state index contributed by atoms with van der Waals surface area (Å²) in [5.41, 5.74) is 1.72. The van der Waals surface area contributed by atoms with E-state index in [9.17, 15) is 14.4 Å². The van der Waals surface area contributed by atoms with Gasteiger partial charge in [-0.2, -0.15) is 4.57 Å². The lowest BCUT2D eigenvalue weighted by Gasteiger charge is -2.10. The Labute approximate surface area is 168 Å². The van der Waals surface area contributed by atoms with Gasteiger partial charge in [-0.05, 0) is 19.4 Å². The Bertz CT molecular complexity index is 875. The van der Waals surface area contributed by atoms with E-state index in [1.165, 1.54) is 7.05 Å². The highest BCUT2D eigenvalue weighted by Gasteiger charge is 2.26. The number of hydrogen-bond donors (Lipinski definition) is 2. The summed E-state index contributed by atoms with van der Waals surface area (Å²) in [7, 11) is 5.39. The van der Waals surface area contributed by atoms with Crippen molar-refractivity contribution in [1.82, 2.24) is 5.32 Å². The van der Waals surface area contributed by atoms with Gasteiger partial charge in [0.1, 0.15) is 5.00 Å². The molecule has 0 saturated carbocycles. The van der Waals surface area contributed by atoms with Gasteiger partial charge in [0.25, 0.3) is 11.8 Å². The third-order valence-electron chi connectivity index (χ3n) is 4.03. The second-order valence-corrected chi connectivity index (χ2v) is 7.25. The number of aromatic nitrogens is 1. The summed E-state index contributed by atoms with van der Waals surface area (Å²) in [6, 6.07) is 3.80. The Hall–Kier alpha value is -2.94. The number of nitrogens with zero attached hydrogens (tertiary/aromatic N) is 2. The summed E-state index contributed by atoms with van der Waals surface area (Å²) in [6.07, 6.45) is 3.60. The second kappa shape index (κ2) is 9.32. The van der Waals surface area contributed by atoms with Crippen LogP contribution < -0.4 is 20.1 Å². The van der Waals surface area contributed by atoms with E-state index in [0.717, 1.165) is 17.0 Å². The molecule has 0 aliphatic rings. The number of anilines is 2. The Morgan fingerprint density at radius 1 is 1.21 bits per heavy atom. The van der Waals surface area contributed by atoms with Gasteiger partial charge in [-0.3, -0.25) is 9.59 Å². The molecule has 2 rings (SSSR count). The third-order valence-corrected chi connectivity index (χ3v) is 5.23. The smallest absolute Gasteiger partial charge is 0.341 e. The maximum absolute atomic E-state index is 12.5. The van der Waals surface area contributed by atoms with Gasteiger partial charge >= 0.3 is 5.97 Å². The zero-order chi connectivity index (χ0) is 20.8. The predicted octanol–water partition coefficient (Wildman–Crippen LogP) is 1.59. The average Bonchev–Trinajstić information content (AvgIpc) is 2.97. The van der Waals surface area contributed by atoms with Gasteiger partial charge in [-0.15, -0.1) is 11.3 Å². The van der Waals surface area contributed by atoms with Crippen molar-refractivity contribution in [1.29, 1.82) is 0 Å². The molecule has 0 aliphatic carbocycles. The number of hydrogen-bond acceptors (Lipinski definition) is 6. The van der Waals surface area contributed by atoms with Gasteiger partial charge in [0.15, 0.2) is 12.4 Å². The highest BCUT2D eigenvalue weighted by molar-refractivity contribution is 7.18. The van der Waals surface area contributed by atoms with Gasteiger partial charge in [-0.25, -0.2) is 4.79 Å². The van der Waals surface area contributed by atoms with Gasteiger partial charge in [0.2, 0.25) is 6.54 Å². The van der Waals surface area contributed by atoms with Crippen molar-refractivity contribution in [2.75, 3.05) is 38.0 Å². The fraction of sp³-hybridized carbons (Fsp3) is 0.368. The quantitative estimate of drug-likeness (QED) is 0.539. The van der Waals surface area contributed by atoms with Gasteiger partial charge in [0.05, 0.1) is 17.0 Å². The molecule has 2 aromatic rings. The van der Waals surface area contributed by atoms with Crippen LogP contribution in [0.4, 0.5) is 10.7 Å². The van der Waals surface area contributed by atoms with E-state index in [-0.39, 0.29) is 30.5 Å². The van der Waals surface area contributed by atoms with E-state index in [2.05, 4.69) is 10.6 Å². The Kier molecular flexibility index (Phi) is 7.11. The number of carbonyl (C=O) groups is 3. The minimum atomic E-state index is -0.565. The van der Waals surface area contributed by atoms with Gasteiger partial charge < -0.3 is 20.3 Å². The molecule has 8 nitrogen and oxygen atoms in total. The SMILES string of the molecule is CCOC(=O)c1c(NC(=O)C[n+]2ccc(N(C)C)cc2)sc(C(=O)NC)c1C. The molecule has 2 aromatic heterocycles. The van der Waals surface area contributed by atoms with Crippen molar-refractivity contribution < 1.29 is 23.7 Å². The molecule has 9 heteroatoms. The van der Waals surface area contributed by atoms with E-state index in [1.54, 1.807) is 30.8 Å². The van der Waals surface area contributed by atoms with Crippen molar-refractivity contribution >= 4 is 39.8 Å². The van der Waals surface area contributed by atoms with Crippen LogP contribution in [0, 0.1) is 6.92 Å². The monoisotopic (exact) mass is 405 g/mol. The fourth-order valence-electron chi connectivity index (χ4n) is 2.57. The Morgan fingerprint density at radius 2 is 1.86 bits per heavy atom. The molecule has 0 spiro atoms. The van der Waals surface area contributed by atoms with E-state index >= 15 is 0 Å². The summed E-state index contributed by atoms with van der Waals surface area (Å²) in [5, 5.41) is 5.59. The number of amides is 2. The molecule has 0 atom stereocenters. The Morgan fingerprint density at radius 3 is 2.39 bits per heavy atom. The molecule has 0 radical (unpaired) electrons. The highest BCUT2D eigenvalue weighted by atomic mass is 32.1. The molecule has 0 bridgehead atoms. The van der Waals surface area contributed by atoms with Crippen LogP contribution in [-0.2, 0) is 16.1 Å². The topological polar surface area (TPSA) is 91.6 Å². The zero-order valence-electron chi connectivity index (χ0n) is 16.7. The second-order valence-electron chi connectivity index (χ2n) is 6.23. The van der Waals surface area contributed by atoms with Crippen LogP contribution in [-0.4, -0.2) is 45.5 Å². The van der Waals surface area contributed by atoms with Crippen molar-refractivity contribution in [3.63, 3.8) is 0 Å². The molecular formula is C19H25N4O4S+. The number of ether oxygens (including phenoxy) is 1. The molecule has 0 aliphatic heterocycles. The van der Waals surface area contributed by atoms with E-state index in [1.807, 2.05) is 31.1 Å². The molecule has 0 saturated heterocycles. The van der Waals surface area contributed by atoms with Crippen LogP contribution in [0.1, 0.15) is 32.5 Å². The number of esters is 1. The van der Waals surface area contributed by atoms with Crippen molar-refractivity contribution in [2.24, 2.45) is 0 Å². The first-order chi connectivity index (χ1) is 13.3. The largest absolute Gasteiger partial charge is 0.462 e. The lowest BCUT2D eigenvalue weighted by Crippen LogP contribution is -2.39. The van der Waals surface area contributed by atoms with Crippen LogP contribution >= 0.6 is 11.3 Å². The standard InChI is InChI=1S/C19H24N4O4S/c1-6-27-19(26)15-12(2)16(17(25)20-3)28-18(15)21-14(24)11-23-9-7-13(8-10-23)22(4)5/h7-10H,6,11H2,1-5H3,(H-,20,21,24,25,26)/p+1. The van der Waals surface area contributed by atoms with Gasteiger partial charge in [-0.1, -0.05) is 0 Å². The number of carbonyl (C=O) groups excluding carboxylic acids is 3.